The molecule has 0 aromatic carbocycles. The van der Waals surface area contributed by atoms with E-state index in [2.05, 4.69) is 19.2 Å². The van der Waals surface area contributed by atoms with Crippen molar-refractivity contribution >= 4 is 5.78 Å². The van der Waals surface area contributed by atoms with Gasteiger partial charge in [-0.1, -0.05) is 27.7 Å². The summed E-state index contributed by atoms with van der Waals surface area (Å²) >= 11 is 0. The molecule has 2 nitrogen and oxygen atoms in total. The monoisotopic (exact) mass is 157 g/mol. The number of Topliss-reactive ketones (excluding diaryl/α,β-unsaturated/α-hetero) is 1. The Hall–Kier alpha value is -0.370. The summed E-state index contributed by atoms with van der Waals surface area (Å²) in [6, 6.07) is 0.0602. The summed E-state index contributed by atoms with van der Waals surface area (Å²) in [7, 11) is 0. The zero-order valence-electron chi connectivity index (χ0n) is 7.98. The van der Waals surface area contributed by atoms with Crippen LogP contribution in [-0.4, -0.2) is 18.4 Å². The van der Waals surface area contributed by atoms with Crippen LogP contribution < -0.4 is 5.32 Å². The van der Waals surface area contributed by atoms with E-state index in [1.807, 2.05) is 13.8 Å². The Morgan fingerprint density at radius 2 is 1.91 bits per heavy atom. The summed E-state index contributed by atoms with van der Waals surface area (Å²) < 4.78 is 0. The van der Waals surface area contributed by atoms with Gasteiger partial charge in [-0.2, -0.15) is 0 Å². The van der Waals surface area contributed by atoms with Gasteiger partial charge in [0.05, 0.1) is 6.04 Å². The lowest BCUT2D eigenvalue weighted by Crippen LogP contribution is -2.40. The minimum absolute atomic E-state index is 0.0602. The largest absolute Gasteiger partial charge is 0.308 e. The number of carbonyl (C=O) groups is 1. The van der Waals surface area contributed by atoms with E-state index >= 15 is 0 Å². The number of likely N-dealkylation sites (N-methyl/N-ethyl adjacent to an activating group) is 1. The Labute approximate surface area is 69.4 Å². The SMILES string of the molecule is CCNC(C(=O)CC)C(C)C. The van der Waals surface area contributed by atoms with Crippen LogP contribution in [0.2, 0.25) is 0 Å². The molecule has 0 rings (SSSR count). The first-order valence-corrected chi connectivity index (χ1v) is 4.39. The lowest BCUT2D eigenvalue weighted by molar-refractivity contribution is -0.121. The third-order valence-corrected chi connectivity index (χ3v) is 1.79. The highest BCUT2D eigenvalue weighted by molar-refractivity contribution is 5.83. The number of hydrogen-bond donors (Lipinski definition) is 1. The fraction of sp³-hybridized carbons (Fsp3) is 0.889. The normalized spacial score (nSPS) is 13.5. The highest BCUT2D eigenvalue weighted by Gasteiger charge is 2.18. The fourth-order valence-electron chi connectivity index (χ4n) is 1.16. The predicted octanol–water partition coefficient (Wildman–Crippen LogP) is 1.60. The number of ketones is 1. The molecule has 11 heavy (non-hydrogen) atoms. The Balaban J connectivity index is 3.98. The van der Waals surface area contributed by atoms with Gasteiger partial charge in [0, 0.05) is 6.42 Å². The zero-order valence-corrected chi connectivity index (χ0v) is 7.98. The second kappa shape index (κ2) is 5.30. The molecule has 2 heteroatoms. The third kappa shape index (κ3) is 3.51. The minimum Gasteiger partial charge on any atom is -0.308 e. The van der Waals surface area contributed by atoms with Crippen molar-refractivity contribution in [3.63, 3.8) is 0 Å². The van der Waals surface area contributed by atoms with Crippen LogP contribution in [0.4, 0.5) is 0 Å². The van der Waals surface area contributed by atoms with E-state index < -0.39 is 0 Å². The zero-order chi connectivity index (χ0) is 8.85. The number of hydrogen-bond acceptors (Lipinski definition) is 2. The van der Waals surface area contributed by atoms with Crippen molar-refractivity contribution in [1.82, 2.24) is 5.32 Å². The van der Waals surface area contributed by atoms with Crippen molar-refractivity contribution in [3.8, 4) is 0 Å². The highest BCUT2D eigenvalue weighted by Crippen LogP contribution is 2.04. The van der Waals surface area contributed by atoms with Crippen LogP contribution in [0.15, 0.2) is 0 Å². The van der Waals surface area contributed by atoms with Gasteiger partial charge in [0.25, 0.3) is 0 Å². The molecule has 0 aromatic heterocycles. The van der Waals surface area contributed by atoms with Gasteiger partial charge in [-0.15, -0.1) is 0 Å². The number of carbonyl (C=O) groups excluding carboxylic acids is 1. The van der Waals surface area contributed by atoms with Crippen LogP contribution in [0.5, 0.6) is 0 Å². The van der Waals surface area contributed by atoms with Gasteiger partial charge < -0.3 is 5.32 Å². The molecule has 0 heterocycles. The highest BCUT2D eigenvalue weighted by atomic mass is 16.1. The second-order valence-electron chi connectivity index (χ2n) is 3.10. The van der Waals surface area contributed by atoms with E-state index in [1.54, 1.807) is 0 Å². The van der Waals surface area contributed by atoms with Gasteiger partial charge >= 0.3 is 0 Å². The molecule has 1 N–H and O–H groups in total. The van der Waals surface area contributed by atoms with Crippen LogP contribution in [0.1, 0.15) is 34.1 Å². The van der Waals surface area contributed by atoms with Crippen molar-refractivity contribution in [2.24, 2.45) is 5.92 Å². The maximum atomic E-state index is 11.3. The molecule has 0 aliphatic rings. The number of rotatable bonds is 5. The van der Waals surface area contributed by atoms with E-state index in [0.717, 1.165) is 6.54 Å². The second-order valence-corrected chi connectivity index (χ2v) is 3.10. The Morgan fingerprint density at radius 1 is 1.36 bits per heavy atom. The molecule has 0 spiro atoms. The van der Waals surface area contributed by atoms with E-state index in [0.29, 0.717) is 18.1 Å². The van der Waals surface area contributed by atoms with Crippen LogP contribution in [0, 0.1) is 5.92 Å². The molecule has 1 atom stereocenters. The molecule has 0 saturated heterocycles. The van der Waals surface area contributed by atoms with Gasteiger partial charge in [0.2, 0.25) is 0 Å². The summed E-state index contributed by atoms with van der Waals surface area (Å²) in [5.41, 5.74) is 0. The molecule has 0 bridgehead atoms. The third-order valence-electron chi connectivity index (χ3n) is 1.79. The van der Waals surface area contributed by atoms with Crippen molar-refractivity contribution in [2.45, 2.75) is 40.2 Å². The summed E-state index contributed by atoms with van der Waals surface area (Å²) in [4.78, 5) is 11.3. The molecule has 1 unspecified atom stereocenters. The van der Waals surface area contributed by atoms with Crippen molar-refractivity contribution < 1.29 is 4.79 Å². The van der Waals surface area contributed by atoms with E-state index in [9.17, 15) is 4.79 Å². The van der Waals surface area contributed by atoms with Crippen molar-refractivity contribution in [1.29, 1.82) is 0 Å². The molecule has 0 amide bonds. The lowest BCUT2D eigenvalue weighted by Gasteiger charge is -2.19. The Kier molecular flexibility index (Phi) is 5.12. The van der Waals surface area contributed by atoms with E-state index in [1.165, 1.54) is 0 Å². The van der Waals surface area contributed by atoms with Gasteiger partial charge in [-0.25, -0.2) is 0 Å². The van der Waals surface area contributed by atoms with Crippen LogP contribution in [0.25, 0.3) is 0 Å². The summed E-state index contributed by atoms with van der Waals surface area (Å²) in [6.07, 6.45) is 0.635. The minimum atomic E-state index is 0.0602. The predicted molar refractivity (Wildman–Crippen MR) is 47.6 cm³/mol. The van der Waals surface area contributed by atoms with Crippen molar-refractivity contribution in [3.05, 3.63) is 0 Å². The molecule has 0 aromatic rings. The Bertz CT molecular complexity index is 121. The van der Waals surface area contributed by atoms with Gasteiger partial charge in [-0.3, -0.25) is 4.79 Å². The smallest absolute Gasteiger partial charge is 0.149 e. The molecule has 0 radical (unpaired) electrons. The van der Waals surface area contributed by atoms with E-state index in [-0.39, 0.29) is 6.04 Å². The van der Waals surface area contributed by atoms with Crippen LogP contribution in [-0.2, 0) is 4.79 Å². The average Bonchev–Trinajstić information content (AvgIpc) is 1.98. The maximum Gasteiger partial charge on any atom is 0.149 e. The van der Waals surface area contributed by atoms with Crippen molar-refractivity contribution in [2.75, 3.05) is 6.54 Å². The number of nitrogens with one attached hydrogen (secondary N) is 1. The molecular formula is C9H19NO. The molecule has 0 aliphatic heterocycles. The summed E-state index contributed by atoms with van der Waals surface area (Å²) in [5.74, 6) is 0.726. The molecular weight excluding hydrogens is 138 g/mol. The first-order valence-electron chi connectivity index (χ1n) is 4.39. The average molecular weight is 157 g/mol. The van der Waals surface area contributed by atoms with Gasteiger partial charge in [0.15, 0.2) is 0 Å². The molecule has 0 saturated carbocycles. The van der Waals surface area contributed by atoms with E-state index in [4.69, 9.17) is 0 Å². The standard InChI is InChI=1S/C9H19NO/c1-5-8(11)9(7(3)4)10-6-2/h7,9-10H,5-6H2,1-4H3. The van der Waals surface area contributed by atoms with Gasteiger partial charge in [-0.05, 0) is 12.5 Å². The fourth-order valence-corrected chi connectivity index (χ4v) is 1.16. The quantitative estimate of drug-likeness (QED) is 0.656. The molecule has 0 fully saturated rings. The maximum absolute atomic E-state index is 11.3. The molecule has 0 aliphatic carbocycles. The van der Waals surface area contributed by atoms with Crippen LogP contribution in [0.3, 0.4) is 0 Å². The molecule has 66 valence electrons. The first kappa shape index (κ1) is 10.6. The van der Waals surface area contributed by atoms with Crippen LogP contribution >= 0.6 is 0 Å². The Morgan fingerprint density at radius 3 is 2.18 bits per heavy atom. The lowest BCUT2D eigenvalue weighted by atomic mass is 9.98. The summed E-state index contributed by atoms with van der Waals surface area (Å²) in [5, 5.41) is 3.18. The topological polar surface area (TPSA) is 29.1 Å². The first-order chi connectivity index (χ1) is 5.13. The summed E-state index contributed by atoms with van der Waals surface area (Å²) in [6.45, 7) is 8.95. The van der Waals surface area contributed by atoms with Gasteiger partial charge in [0.1, 0.15) is 5.78 Å².